The molecule has 2 aliphatic heterocycles. The summed E-state index contributed by atoms with van der Waals surface area (Å²) in [5, 5.41) is 11.7. The van der Waals surface area contributed by atoms with Gasteiger partial charge >= 0.3 is 12.1 Å². The van der Waals surface area contributed by atoms with Crippen LogP contribution in [0.5, 0.6) is 0 Å². The smallest absolute Gasteiger partial charge is 0.408 e. The molecule has 0 aromatic carbocycles. The van der Waals surface area contributed by atoms with E-state index >= 15 is 0 Å². The van der Waals surface area contributed by atoms with Gasteiger partial charge in [-0.3, -0.25) is 0 Å². The van der Waals surface area contributed by atoms with E-state index in [1.807, 2.05) is 0 Å². The van der Waals surface area contributed by atoms with E-state index in [4.69, 9.17) is 14.6 Å². The minimum atomic E-state index is -1.09. The van der Waals surface area contributed by atoms with Crippen molar-refractivity contribution in [1.29, 1.82) is 0 Å². The Morgan fingerprint density at radius 2 is 1.94 bits per heavy atom. The molecule has 6 heteroatoms. The molecule has 6 nitrogen and oxygen atoms in total. The number of carboxylic acids is 1. The van der Waals surface area contributed by atoms with Gasteiger partial charge in [-0.05, 0) is 20.8 Å². The molecule has 3 aliphatic rings. The van der Waals surface area contributed by atoms with Crippen molar-refractivity contribution in [1.82, 2.24) is 5.32 Å². The quantitative estimate of drug-likeness (QED) is 0.752. The van der Waals surface area contributed by atoms with E-state index in [0.717, 1.165) is 0 Å². The van der Waals surface area contributed by atoms with Gasteiger partial charge in [0, 0.05) is 12.8 Å². The van der Waals surface area contributed by atoms with Crippen LogP contribution in [0.3, 0.4) is 0 Å². The van der Waals surface area contributed by atoms with E-state index in [2.05, 4.69) is 5.32 Å². The molecule has 2 bridgehead atoms. The minimum Gasteiger partial charge on any atom is -0.479 e. The number of nitrogens with one attached hydrogen (secondary N) is 1. The van der Waals surface area contributed by atoms with Gasteiger partial charge in [-0.2, -0.15) is 0 Å². The Morgan fingerprint density at radius 3 is 2.35 bits per heavy atom. The highest BCUT2D eigenvalue weighted by Gasteiger charge is 2.67. The number of hydrogen-bond acceptors (Lipinski definition) is 4. The third-order valence-electron chi connectivity index (χ3n) is 3.03. The number of rotatable bonds is 2. The van der Waals surface area contributed by atoms with Crippen molar-refractivity contribution >= 4 is 12.1 Å². The standard InChI is InChI=1S/C11H17NO5/c1-9(2,3)17-8(15)12-10-4-11(5-10,7(13)14)16-6-10/h4-6H2,1-3H3,(H,12,15)(H,13,14). The highest BCUT2D eigenvalue weighted by Crippen LogP contribution is 2.51. The summed E-state index contributed by atoms with van der Waals surface area (Å²) in [6, 6.07) is 0. The number of hydrogen-bond donors (Lipinski definition) is 2. The first-order valence-electron chi connectivity index (χ1n) is 5.55. The van der Waals surface area contributed by atoms with Crippen molar-refractivity contribution in [3.05, 3.63) is 0 Å². The molecular weight excluding hydrogens is 226 g/mol. The van der Waals surface area contributed by atoms with Crippen LogP contribution in [0.1, 0.15) is 33.6 Å². The molecule has 96 valence electrons. The summed E-state index contributed by atoms with van der Waals surface area (Å²) >= 11 is 0. The molecule has 1 amide bonds. The van der Waals surface area contributed by atoms with Gasteiger partial charge in [0.05, 0.1) is 12.1 Å². The largest absolute Gasteiger partial charge is 0.479 e. The Hall–Kier alpha value is -1.30. The first kappa shape index (κ1) is 12.2. The van der Waals surface area contributed by atoms with Gasteiger partial charge in [0.2, 0.25) is 0 Å². The second kappa shape index (κ2) is 3.35. The number of alkyl carbamates (subject to hydrolysis) is 1. The van der Waals surface area contributed by atoms with E-state index in [0.29, 0.717) is 12.8 Å². The van der Waals surface area contributed by atoms with Crippen LogP contribution in [-0.2, 0) is 14.3 Å². The number of carbonyl (C=O) groups excluding carboxylic acids is 1. The summed E-state index contributed by atoms with van der Waals surface area (Å²) in [5.74, 6) is -0.961. The van der Waals surface area contributed by atoms with Gasteiger partial charge in [0.15, 0.2) is 5.60 Å². The van der Waals surface area contributed by atoms with Crippen LogP contribution in [0.4, 0.5) is 4.79 Å². The van der Waals surface area contributed by atoms with Crippen LogP contribution in [0.2, 0.25) is 0 Å². The fraction of sp³-hybridized carbons (Fsp3) is 0.818. The average molecular weight is 243 g/mol. The molecule has 2 heterocycles. The molecule has 0 spiro atoms. The lowest BCUT2D eigenvalue weighted by Crippen LogP contribution is -2.62. The van der Waals surface area contributed by atoms with Crippen molar-refractivity contribution in [2.45, 2.75) is 50.4 Å². The SMILES string of the molecule is CC(C)(C)OC(=O)NC12COC(C(=O)O)(C1)C2. The number of amides is 1. The molecule has 0 aromatic heterocycles. The van der Waals surface area contributed by atoms with Gasteiger partial charge in [-0.15, -0.1) is 0 Å². The summed E-state index contributed by atoms with van der Waals surface area (Å²) in [6.45, 7) is 5.56. The fourth-order valence-electron chi connectivity index (χ4n) is 2.38. The minimum absolute atomic E-state index is 0.235. The summed E-state index contributed by atoms with van der Waals surface area (Å²) in [4.78, 5) is 22.5. The first-order chi connectivity index (χ1) is 7.67. The number of ether oxygens (including phenoxy) is 2. The zero-order chi connectivity index (χ0) is 12.9. The summed E-state index contributed by atoms with van der Waals surface area (Å²) in [6.07, 6.45) is 0.102. The Morgan fingerprint density at radius 1 is 1.35 bits per heavy atom. The maximum atomic E-state index is 11.6. The molecule has 0 radical (unpaired) electrons. The number of fused-ring (bicyclic) bond motifs is 1. The lowest BCUT2D eigenvalue weighted by Gasteiger charge is -2.41. The summed E-state index contributed by atoms with van der Waals surface area (Å²) in [5.41, 5.74) is -2.20. The van der Waals surface area contributed by atoms with E-state index in [9.17, 15) is 9.59 Å². The fourth-order valence-corrected chi connectivity index (χ4v) is 2.38. The molecule has 0 unspecified atom stereocenters. The van der Waals surface area contributed by atoms with Crippen LogP contribution in [-0.4, -0.2) is 40.5 Å². The molecule has 2 saturated heterocycles. The Kier molecular flexibility index (Phi) is 2.40. The third-order valence-corrected chi connectivity index (χ3v) is 3.03. The number of carbonyl (C=O) groups is 2. The lowest BCUT2D eigenvalue weighted by molar-refractivity contribution is -0.163. The molecule has 2 N–H and O–H groups in total. The monoisotopic (exact) mass is 243 g/mol. The normalized spacial score (nSPS) is 35.0. The predicted octanol–water partition coefficient (Wildman–Crippen LogP) is 0.897. The number of aliphatic carboxylic acids is 1. The van der Waals surface area contributed by atoms with Gasteiger partial charge in [0.25, 0.3) is 0 Å². The lowest BCUT2D eigenvalue weighted by atomic mass is 9.68. The van der Waals surface area contributed by atoms with Crippen LogP contribution in [0.15, 0.2) is 0 Å². The van der Waals surface area contributed by atoms with Crippen molar-refractivity contribution in [3.63, 3.8) is 0 Å². The van der Waals surface area contributed by atoms with E-state index in [1.165, 1.54) is 0 Å². The molecule has 0 atom stereocenters. The summed E-state index contributed by atoms with van der Waals surface area (Å²) in [7, 11) is 0. The zero-order valence-corrected chi connectivity index (χ0v) is 10.2. The van der Waals surface area contributed by atoms with Crippen LogP contribution in [0, 0.1) is 0 Å². The van der Waals surface area contributed by atoms with E-state index in [1.54, 1.807) is 20.8 Å². The van der Waals surface area contributed by atoms with Crippen molar-refractivity contribution in [3.8, 4) is 0 Å². The Bertz CT molecular complexity index is 365. The van der Waals surface area contributed by atoms with Crippen molar-refractivity contribution < 1.29 is 24.2 Å². The Balaban J connectivity index is 1.91. The first-order valence-corrected chi connectivity index (χ1v) is 5.55. The molecular formula is C11H17NO5. The third kappa shape index (κ3) is 2.09. The van der Waals surface area contributed by atoms with Crippen LogP contribution in [0.25, 0.3) is 0 Å². The topological polar surface area (TPSA) is 84.9 Å². The molecule has 17 heavy (non-hydrogen) atoms. The molecule has 0 aromatic rings. The predicted molar refractivity (Wildman–Crippen MR) is 57.7 cm³/mol. The molecule has 1 aliphatic carbocycles. The molecule has 3 fully saturated rings. The Labute approximate surface area is 99.3 Å². The van der Waals surface area contributed by atoms with Gasteiger partial charge in [0.1, 0.15) is 5.60 Å². The highest BCUT2D eigenvalue weighted by molar-refractivity contribution is 5.82. The van der Waals surface area contributed by atoms with E-state index < -0.39 is 28.8 Å². The molecule has 3 rings (SSSR count). The van der Waals surface area contributed by atoms with Gasteiger partial charge in [-0.1, -0.05) is 0 Å². The van der Waals surface area contributed by atoms with E-state index in [-0.39, 0.29) is 6.61 Å². The maximum absolute atomic E-state index is 11.6. The van der Waals surface area contributed by atoms with Crippen molar-refractivity contribution in [2.24, 2.45) is 0 Å². The van der Waals surface area contributed by atoms with Crippen LogP contribution < -0.4 is 5.32 Å². The zero-order valence-electron chi connectivity index (χ0n) is 10.2. The maximum Gasteiger partial charge on any atom is 0.408 e. The van der Waals surface area contributed by atoms with Crippen molar-refractivity contribution in [2.75, 3.05) is 6.61 Å². The van der Waals surface area contributed by atoms with Gasteiger partial charge in [-0.25, -0.2) is 9.59 Å². The molecule has 1 saturated carbocycles. The second-order valence-electron chi connectivity index (χ2n) is 5.85. The van der Waals surface area contributed by atoms with Gasteiger partial charge < -0.3 is 19.9 Å². The summed E-state index contributed by atoms with van der Waals surface area (Å²) < 4.78 is 10.4. The van der Waals surface area contributed by atoms with Crippen LogP contribution >= 0.6 is 0 Å². The average Bonchev–Trinajstić information content (AvgIpc) is 2.54. The highest BCUT2D eigenvalue weighted by atomic mass is 16.6. The number of carboxylic acid groups (broad SMARTS) is 1. The second-order valence-corrected chi connectivity index (χ2v) is 5.85.